The van der Waals surface area contributed by atoms with E-state index in [0.717, 1.165) is 17.5 Å². The van der Waals surface area contributed by atoms with Gasteiger partial charge in [-0.15, -0.1) is 0 Å². The Hall–Kier alpha value is -1.17. The number of nitrogen functional groups attached to an aromatic ring is 1. The Balaban J connectivity index is 2.85. The van der Waals surface area contributed by atoms with Crippen molar-refractivity contribution in [3.63, 3.8) is 0 Å². The van der Waals surface area contributed by atoms with E-state index in [0.29, 0.717) is 12.4 Å². The van der Waals surface area contributed by atoms with E-state index in [1.807, 2.05) is 13.0 Å². The molecule has 1 unspecified atom stereocenters. The highest BCUT2D eigenvalue weighted by Gasteiger charge is 2.13. The summed E-state index contributed by atoms with van der Waals surface area (Å²) in [6.45, 7) is 2.60. The summed E-state index contributed by atoms with van der Waals surface area (Å²) in [4.78, 5) is 4.10. The molecule has 0 aliphatic carbocycles. The largest absolute Gasteiger partial charge is 0.385 e. The maximum atomic E-state index is 5.79. The van der Waals surface area contributed by atoms with Crippen LogP contribution in [0.15, 0.2) is 12.3 Å². The average Bonchev–Trinajstić information content (AvgIpc) is 2.24. The van der Waals surface area contributed by atoms with Crippen molar-refractivity contribution in [3.05, 3.63) is 23.4 Å². The summed E-state index contributed by atoms with van der Waals surface area (Å²) in [7, 11) is 1.66. The molecule has 0 aliphatic heterocycles. The van der Waals surface area contributed by atoms with Gasteiger partial charge in [0.1, 0.15) is 5.82 Å². The van der Waals surface area contributed by atoms with E-state index in [1.165, 1.54) is 0 Å². The molecule has 0 saturated carbocycles. The van der Waals surface area contributed by atoms with Crippen molar-refractivity contribution in [3.8, 4) is 0 Å². The first kappa shape index (κ1) is 11.9. The molecule has 84 valence electrons. The van der Waals surface area contributed by atoms with Crippen LogP contribution >= 0.6 is 0 Å². The first-order chi connectivity index (χ1) is 7.19. The highest BCUT2D eigenvalue weighted by Crippen LogP contribution is 2.21. The molecule has 1 aromatic rings. The molecule has 0 aliphatic rings. The van der Waals surface area contributed by atoms with E-state index in [9.17, 15) is 0 Å². The van der Waals surface area contributed by atoms with Gasteiger partial charge in [0.15, 0.2) is 0 Å². The molecule has 5 heteroatoms. The summed E-state index contributed by atoms with van der Waals surface area (Å²) in [6, 6.07) is 1.97. The van der Waals surface area contributed by atoms with Crippen molar-refractivity contribution >= 4 is 5.82 Å². The second kappa shape index (κ2) is 5.65. The average molecular weight is 210 g/mol. The van der Waals surface area contributed by atoms with Crippen LogP contribution in [0.5, 0.6) is 0 Å². The molecule has 5 N–H and O–H groups in total. The number of anilines is 1. The van der Waals surface area contributed by atoms with Gasteiger partial charge in [-0.2, -0.15) is 0 Å². The Bertz CT molecular complexity index is 316. The minimum atomic E-state index is -0.0163. The van der Waals surface area contributed by atoms with E-state index in [2.05, 4.69) is 10.4 Å². The highest BCUT2D eigenvalue weighted by molar-refractivity contribution is 5.42. The molecule has 0 aromatic carbocycles. The van der Waals surface area contributed by atoms with Crippen LogP contribution in [0.3, 0.4) is 0 Å². The smallest absolute Gasteiger partial charge is 0.128 e. The number of hydrogen-bond donors (Lipinski definition) is 3. The fourth-order valence-corrected chi connectivity index (χ4v) is 1.45. The monoisotopic (exact) mass is 210 g/mol. The molecular weight excluding hydrogens is 192 g/mol. The zero-order valence-corrected chi connectivity index (χ0v) is 9.16. The Labute approximate surface area is 89.8 Å². The summed E-state index contributed by atoms with van der Waals surface area (Å²) in [5.74, 6) is 5.99. The zero-order valence-electron chi connectivity index (χ0n) is 9.16. The number of rotatable bonds is 5. The Morgan fingerprint density at radius 1 is 1.60 bits per heavy atom. The molecule has 5 nitrogen and oxygen atoms in total. The van der Waals surface area contributed by atoms with Crippen LogP contribution in [0.4, 0.5) is 5.82 Å². The SMILES string of the molecule is COCCC(NN)c1cc(C)cnc1N. The standard InChI is InChI=1S/C10H18N4O/c1-7-5-8(10(11)13-6-7)9(14-12)3-4-15-2/h5-6,9,14H,3-4,12H2,1-2H3,(H2,11,13). The van der Waals surface area contributed by atoms with Gasteiger partial charge in [-0.1, -0.05) is 0 Å². The van der Waals surface area contributed by atoms with Crippen molar-refractivity contribution < 1.29 is 4.74 Å². The van der Waals surface area contributed by atoms with Crippen LogP contribution in [0.2, 0.25) is 0 Å². The lowest BCUT2D eigenvalue weighted by atomic mass is 10.0. The molecule has 0 spiro atoms. The lowest BCUT2D eigenvalue weighted by molar-refractivity contribution is 0.183. The van der Waals surface area contributed by atoms with Crippen molar-refractivity contribution in [2.24, 2.45) is 5.84 Å². The topological polar surface area (TPSA) is 86.2 Å². The van der Waals surface area contributed by atoms with Gasteiger partial charge in [-0.3, -0.25) is 11.3 Å². The van der Waals surface area contributed by atoms with Crippen molar-refractivity contribution in [2.75, 3.05) is 19.5 Å². The maximum Gasteiger partial charge on any atom is 0.128 e. The van der Waals surface area contributed by atoms with E-state index >= 15 is 0 Å². The van der Waals surface area contributed by atoms with Gasteiger partial charge in [0, 0.05) is 25.5 Å². The number of methoxy groups -OCH3 is 1. The Morgan fingerprint density at radius 2 is 2.33 bits per heavy atom. The van der Waals surface area contributed by atoms with Crippen molar-refractivity contribution in [1.29, 1.82) is 0 Å². The number of hydrogen-bond acceptors (Lipinski definition) is 5. The molecule has 0 fully saturated rings. The number of aromatic nitrogens is 1. The lowest BCUT2D eigenvalue weighted by Gasteiger charge is -2.17. The fourth-order valence-electron chi connectivity index (χ4n) is 1.45. The minimum absolute atomic E-state index is 0.0163. The van der Waals surface area contributed by atoms with E-state index < -0.39 is 0 Å². The predicted octanol–water partition coefficient (Wildman–Crippen LogP) is 0.513. The number of pyridine rings is 1. The summed E-state index contributed by atoms with van der Waals surface area (Å²) >= 11 is 0. The number of aryl methyl sites for hydroxylation is 1. The molecule has 15 heavy (non-hydrogen) atoms. The van der Waals surface area contributed by atoms with Crippen molar-refractivity contribution in [2.45, 2.75) is 19.4 Å². The molecule has 1 aromatic heterocycles. The first-order valence-corrected chi connectivity index (χ1v) is 4.86. The van der Waals surface area contributed by atoms with Crippen LogP contribution in [0, 0.1) is 6.92 Å². The van der Waals surface area contributed by atoms with Gasteiger partial charge in [0.2, 0.25) is 0 Å². The molecule has 0 bridgehead atoms. The van der Waals surface area contributed by atoms with Gasteiger partial charge < -0.3 is 10.5 Å². The molecule has 1 rings (SSSR count). The molecule has 1 atom stereocenters. The molecule has 0 radical (unpaired) electrons. The Morgan fingerprint density at radius 3 is 2.93 bits per heavy atom. The van der Waals surface area contributed by atoms with E-state index in [-0.39, 0.29) is 6.04 Å². The number of ether oxygens (including phenoxy) is 1. The quantitative estimate of drug-likeness (QED) is 0.487. The number of nitrogens with two attached hydrogens (primary N) is 2. The summed E-state index contributed by atoms with van der Waals surface area (Å²) in [5, 5.41) is 0. The van der Waals surface area contributed by atoms with E-state index in [1.54, 1.807) is 13.3 Å². The third-order valence-corrected chi connectivity index (χ3v) is 2.27. The number of hydrazine groups is 1. The third kappa shape index (κ3) is 3.16. The molecule has 0 saturated heterocycles. The summed E-state index contributed by atoms with van der Waals surface area (Å²) in [6.07, 6.45) is 2.51. The van der Waals surface area contributed by atoms with Crippen LogP contribution in [0.25, 0.3) is 0 Å². The van der Waals surface area contributed by atoms with Crippen LogP contribution in [-0.4, -0.2) is 18.7 Å². The number of nitrogens with one attached hydrogen (secondary N) is 1. The van der Waals surface area contributed by atoms with Crippen LogP contribution in [-0.2, 0) is 4.74 Å². The lowest BCUT2D eigenvalue weighted by Crippen LogP contribution is -2.29. The molecule has 1 heterocycles. The maximum absolute atomic E-state index is 5.79. The zero-order chi connectivity index (χ0) is 11.3. The predicted molar refractivity (Wildman–Crippen MR) is 59.9 cm³/mol. The van der Waals surface area contributed by atoms with Gasteiger partial charge >= 0.3 is 0 Å². The van der Waals surface area contributed by atoms with Gasteiger partial charge in [0.05, 0.1) is 6.04 Å². The molecular formula is C10H18N4O. The normalized spacial score (nSPS) is 12.7. The van der Waals surface area contributed by atoms with Crippen LogP contribution < -0.4 is 17.0 Å². The van der Waals surface area contributed by atoms with Crippen molar-refractivity contribution in [1.82, 2.24) is 10.4 Å². The third-order valence-electron chi connectivity index (χ3n) is 2.27. The first-order valence-electron chi connectivity index (χ1n) is 4.86. The summed E-state index contributed by atoms with van der Waals surface area (Å²) < 4.78 is 5.01. The minimum Gasteiger partial charge on any atom is -0.385 e. The number of nitrogens with zero attached hydrogens (tertiary/aromatic N) is 1. The highest BCUT2D eigenvalue weighted by atomic mass is 16.5. The van der Waals surface area contributed by atoms with Gasteiger partial charge in [0.25, 0.3) is 0 Å². The van der Waals surface area contributed by atoms with Gasteiger partial charge in [-0.25, -0.2) is 4.98 Å². The van der Waals surface area contributed by atoms with E-state index in [4.69, 9.17) is 16.3 Å². The summed E-state index contributed by atoms with van der Waals surface area (Å²) in [5.41, 5.74) is 10.5. The molecule has 0 amide bonds. The Kier molecular flexibility index (Phi) is 4.48. The van der Waals surface area contributed by atoms with Crippen LogP contribution in [0.1, 0.15) is 23.6 Å². The fraction of sp³-hybridized carbons (Fsp3) is 0.500. The second-order valence-corrected chi connectivity index (χ2v) is 3.49. The van der Waals surface area contributed by atoms with Gasteiger partial charge in [-0.05, 0) is 25.0 Å². The second-order valence-electron chi connectivity index (χ2n) is 3.49.